The average molecular weight is 233 g/mol. The Balaban J connectivity index is 2.85. The van der Waals surface area contributed by atoms with E-state index in [2.05, 4.69) is 21.0 Å². The summed E-state index contributed by atoms with van der Waals surface area (Å²) >= 11 is 3.30. The molecule has 1 atom stereocenters. The normalized spacial score (nSPS) is 14.8. The number of aromatic nitrogens is 2. The fourth-order valence-electron chi connectivity index (χ4n) is 0.850. The molecular weight excluding hydrogens is 220 g/mol. The van der Waals surface area contributed by atoms with Crippen LogP contribution in [0.5, 0.6) is 0 Å². The van der Waals surface area contributed by atoms with E-state index in [4.69, 9.17) is 0 Å². The van der Waals surface area contributed by atoms with Crippen molar-refractivity contribution in [3.63, 3.8) is 0 Å². The van der Waals surface area contributed by atoms with Crippen LogP contribution in [0.25, 0.3) is 0 Å². The zero-order chi connectivity index (χ0) is 9.35. The van der Waals surface area contributed by atoms with Gasteiger partial charge in [0, 0.05) is 6.20 Å². The Morgan fingerprint density at radius 3 is 2.58 bits per heavy atom. The van der Waals surface area contributed by atoms with E-state index in [0.29, 0.717) is 0 Å². The SMILES string of the molecule is CC(n1cc(Br)cn1)C(C)(C)O. The second-order valence-electron chi connectivity index (χ2n) is 3.47. The lowest BCUT2D eigenvalue weighted by molar-refractivity contribution is 0.0258. The molecule has 1 rings (SSSR count). The molecule has 0 bridgehead atoms. The lowest BCUT2D eigenvalue weighted by Gasteiger charge is -2.25. The molecule has 0 saturated carbocycles. The van der Waals surface area contributed by atoms with Crippen LogP contribution in [-0.4, -0.2) is 20.5 Å². The van der Waals surface area contributed by atoms with Crippen molar-refractivity contribution in [2.75, 3.05) is 0 Å². The zero-order valence-corrected chi connectivity index (χ0v) is 9.04. The van der Waals surface area contributed by atoms with Crippen molar-refractivity contribution in [2.24, 2.45) is 0 Å². The van der Waals surface area contributed by atoms with E-state index < -0.39 is 5.60 Å². The molecule has 0 amide bonds. The molecule has 0 aromatic carbocycles. The fourth-order valence-corrected chi connectivity index (χ4v) is 1.15. The number of halogens is 1. The molecule has 12 heavy (non-hydrogen) atoms. The standard InChI is InChI=1S/C8H13BrN2O/c1-6(8(2,3)12)11-5-7(9)4-10-11/h4-6,12H,1-3H3. The van der Waals surface area contributed by atoms with E-state index >= 15 is 0 Å². The van der Waals surface area contributed by atoms with Gasteiger partial charge in [0.1, 0.15) is 0 Å². The highest BCUT2D eigenvalue weighted by Gasteiger charge is 2.24. The summed E-state index contributed by atoms with van der Waals surface area (Å²) in [6.45, 7) is 5.47. The number of hydrogen-bond acceptors (Lipinski definition) is 2. The monoisotopic (exact) mass is 232 g/mol. The molecule has 1 aromatic rings. The van der Waals surface area contributed by atoms with Crippen LogP contribution < -0.4 is 0 Å². The maximum absolute atomic E-state index is 9.67. The van der Waals surface area contributed by atoms with Crippen LogP contribution >= 0.6 is 15.9 Å². The van der Waals surface area contributed by atoms with Gasteiger partial charge in [-0.15, -0.1) is 0 Å². The highest BCUT2D eigenvalue weighted by molar-refractivity contribution is 9.10. The van der Waals surface area contributed by atoms with Gasteiger partial charge in [-0.05, 0) is 36.7 Å². The third-order valence-electron chi connectivity index (χ3n) is 1.99. The first-order valence-electron chi connectivity index (χ1n) is 3.83. The first-order valence-corrected chi connectivity index (χ1v) is 4.62. The molecule has 0 saturated heterocycles. The minimum Gasteiger partial charge on any atom is -0.388 e. The Morgan fingerprint density at radius 1 is 1.67 bits per heavy atom. The molecule has 0 spiro atoms. The summed E-state index contributed by atoms with van der Waals surface area (Å²) in [5, 5.41) is 13.8. The van der Waals surface area contributed by atoms with Crippen molar-refractivity contribution in [1.82, 2.24) is 9.78 Å². The molecule has 3 nitrogen and oxygen atoms in total. The fraction of sp³-hybridized carbons (Fsp3) is 0.625. The number of hydrogen-bond donors (Lipinski definition) is 1. The summed E-state index contributed by atoms with van der Waals surface area (Å²) < 4.78 is 2.67. The summed E-state index contributed by atoms with van der Waals surface area (Å²) in [7, 11) is 0. The first-order chi connectivity index (χ1) is 5.41. The van der Waals surface area contributed by atoms with Crippen LogP contribution in [0.3, 0.4) is 0 Å². The summed E-state index contributed by atoms with van der Waals surface area (Å²) in [5.74, 6) is 0. The van der Waals surface area contributed by atoms with Gasteiger partial charge in [-0.25, -0.2) is 0 Å². The topological polar surface area (TPSA) is 38.0 Å². The first kappa shape index (κ1) is 9.74. The molecule has 0 radical (unpaired) electrons. The van der Waals surface area contributed by atoms with Crippen molar-refractivity contribution in [2.45, 2.75) is 32.4 Å². The van der Waals surface area contributed by atoms with Crippen LogP contribution in [0.4, 0.5) is 0 Å². The van der Waals surface area contributed by atoms with Gasteiger partial charge in [-0.2, -0.15) is 5.10 Å². The van der Waals surface area contributed by atoms with Crippen molar-refractivity contribution in [3.05, 3.63) is 16.9 Å². The van der Waals surface area contributed by atoms with E-state index in [1.54, 1.807) is 24.7 Å². The molecule has 0 aliphatic rings. The van der Waals surface area contributed by atoms with Gasteiger partial charge >= 0.3 is 0 Å². The van der Waals surface area contributed by atoms with Gasteiger partial charge < -0.3 is 5.11 Å². The van der Waals surface area contributed by atoms with E-state index in [1.165, 1.54) is 0 Å². The second kappa shape index (κ2) is 3.18. The third-order valence-corrected chi connectivity index (χ3v) is 2.40. The summed E-state index contributed by atoms with van der Waals surface area (Å²) in [5.41, 5.74) is -0.745. The van der Waals surface area contributed by atoms with E-state index in [-0.39, 0.29) is 6.04 Å². The van der Waals surface area contributed by atoms with E-state index in [9.17, 15) is 5.11 Å². The van der Waals surface area contributed by atoms with Crippen LogP contribution in [0.15, 0.2) is 16.9 Å². The average Bonchev–Trinajstić information content (AvgIpc) is 2.32. The molecule has 1 aromatic heterocycles. The smallest absolute Gasteiger partial charge is 0.0812 e. The molecule has 68 valence electrons. The van der Waals surface area contributed by atoms with Gasteiger partial charge in [-0.1, -0.05) is 0 Å². The Kier molecular flexibility index (Phi) is 2.58. The maximum Gasteiger partial charge on any atom is 0.0812 e. The number of nitrogens with zero attached hydrogens (tertiary/aromatic N) is 2. The lowest BCUT2D eigenvalue weighted by Crippen LogP contribution is -2.31. The Morgan fingerprint density at radius 2 is 2.25 bits per heavy atom. The summed E-state index contributed by atoms with van der Waals surface area (Å²) in [6, 6.07) is -0.0243. The minimum absolute atomic E-state index is 0.0243. The van der Waals surface area contributed by atoms with Crippen molar-refractivity contribution < 1.29 is 5.11 Å². The summed E-state index contributed by atoms with van der Waals surface area (Å²) in [4.78, 5) is 0. The molecule has 1 N–H and O–H groups in total. The van der Waals surface area contributed by atoms with Gasteiger partial charge in [0.15, 0.2) is 0 Å². The van der Waals surface area contributed by atoms with Gasteiger partial charge in [0.25, 0.3) is 0 Å². The van der Waals surface area contributed by atoms with Gasteiger partial charge in [0.2, 0.25) is 0 Å². The quantitative estimate of drug-likeness (QED) is 0.848. The minimum atomic E-state index is -0.745. The molecule has 1 heterocycles. The van der Waals surface area contributed by atoms with Gasteiger partial charge in [0.05, 0.1) is 22.3 Å². The molecule has 0 fully saturated rings. The molecule has 1 unspecified atom stereocenters. The predicted octanol–water partition coefficient (Wildman–Crippen LogP) is 1.98. The highest BCUT2D eigenvalue weighted by Crippen LogP contribution is 2.21. The molecular formula is C8H13BrN2O. The third kappa shape index (κ3) is 2.08. The van der Waals surface area contributed by atoms with Crippen molar-refractivity contribution in [1.29, 1.82) is 0 Å². The zero-order valence-electron chi connectivity index (χ0n) is 7.45. The Hall–Kier alpha value is -0.350. The number of aliphatic hydroxyl groups is 1. The van der Waals surface area contributed by atoms with E-state index in [1.807, 2.05) is 13.1 Å². The maximum atomic E-state index is 9.67. The Labute approximate surface area is 80.5 Å². The second-order valence-corrected chi connectivity index (χ2v) is 4.38. The molecule has 4 heteroatoms. The highest BCUT2D eigenvalue weighted by atomic mass is 79.9. The van der Waals surface area contributed by atoms with Crippen LogP contribution in [-0.2, 0) is 0 Å². The summed E-state index contributed by atoms with van der Waals surface area (Å²) in [6.07, 6.45) is 3.56. The lowest BCUT2D eigenvalue weighted by atomic mass is 10.0. The predicted molar refractivity (Wildman–Crippen MR) is 50.9 cm³/mol. The van der Waals surface area contributed by atoms with E-state index in [0.717, 1.165) is 4.47 Å². The largest absolute Gasteiger partial charge is 0.388 e. The molecule has 0 aliphatic carbocycles. The van der Waals surface area contributed by atoms with Crippen molar-refractivity contribution in [3.8, 4) is 0 Å². The van der Waals surface area contributed by atoms with Crippen LogP contribution in [0.2, 0.25) is 0 Å². The Bertz CT molecular complexity index is 264. The van der Waals surface area contributed by atoms with Crippen LogP contribution in [0.1, 0.15) is 26.8 Å². The molecule has 0 aliphatic heterocycles. The number of rotatable bonds is 2. The van der Waals surface area contributed by atoms with Gasteiger partial charge in [-0.3, -0.25) is 4.68 Å². The van der Waals surface area contributed by atoms with Crippen molar-refractivity contribution >= 4 is 15.9 Å². The van der Waals surface area contributed by atoms with Crippen LogP contribution in [0, 0.1) is 0 Å².